The Morgan fingerprint density at radius 3 is 2.73 bits per heavy atom. The number of carbonyl (C=O) groups excluding carboxylic acids is 1. The molecule has 0 aromatic carbocycles. The number of ether oxygens (including phenoxy) is 1. The summed E-state index contributed by atoms with van der Waals surface area (Å²) < 4.78 is 5.15. The zero-order valence-electron chi connectivity index (χ0n) is 6.67. The molecule has 0 aromatic heterocycles. The highest BCUT2D eigenvalue weighted by atomic mass is 16.5. The van der Waals surface area contributed by atoms with Crippen molar-refractivity contribution in [3.63, 3.8) is 0 Å². The minimum absolute atomic E-state index is 0.0602. The van der Waals surface area contributed by atoms with E-state index in [4.69, 9.17) is 10.5 Å². The van der Waals surface area contributed by atoms with E-state index in [2.05, 4.69) is 6.58 Å². The number of hydrogen-bond acceptors (Lipinski definition) is 3. The lowest BCUT2D eigenvalue weighted by Crippen LogP contribution is -2.37. The Balaban J connectivity index is 2.60. The van der Waals surface area contributed by atoms with Crippen LogP contribution in [0.5, 0.6) is 0 Å². The maximum absolute atomic E-state index is 11.3. The third-order valence-electron chi connectivity index (χ3n) is 1.82. The van der Waals surface area contributed by atoms with Gasteiger partial charge in [0.2, 0.25) is 0 Å². The summed E-state index contributed by atoms with van der Waals surface area (Å²) >= 11 is 0. The highest BCUT2D eigenvalue weighted by Crippen LogP contribution is 2.14. The van der Waals surface area contributed by atoms with Gasteiger partial charge in [0.25, 0.3) is 0 Å². The van der Waals surface area contributed by atoms with Crippen LogP contribution in [0, 0.1) is 0 Å². The van der Waals surface area contributed by atoms with Crippen LogP contribution in [0.4, 0.5) is 0 Å². The van der Waals surface area contributed by atoms with Crippen molar-refractivity contribution in [2.45, 2.75) is 25.5 Å². The van der Waals surface area contributed by atoms with Crippen molar-refractivity contribution in [3.05, 3.63) is 12.2 Å². The molecule has 0 amide bonds. The summed E-state index contributed by atoms with van der Waals surface area (Å²) in [6, 6.07) is -0.140. The molecule has 1 aliphatic heterocycles. The molecule has 3 heteroatoms. The van der Waals surface area contributed by atoms with E-state index >= 15 is 0 Å². The first-order valence-electron chi connectivity index (χ1n) is 3.70. The summed E-state index contributed by atoms with van der Waals surface area (Å²) in [5.74, 6) is -0.0602. The molecular formula is C8H13NO2. The number of Topliss-reactive ketones (excluding diaryl/α,β-unsaturated/α-hetero) is 1. The van der Waals surface area contributed by atoms with Gasteiger partial charge in [-0.1, -0.05) is 6.58 Å². The quantitative estimate of drug-likeness (QED) is 0.581. The van der Waals surface area contributed by atoms with Gasteiger partial charge in [-0.05, 0) is 18.9 Å². The Kier molecular flexibility index (Phi) is 2.42. The molecule has 2 atom stereocenters. The van der Waals surface area contributed by atoms with Crippen LogP contribution in [0.15, 0.2) is 12.2 Å². The molecule has 0 bridgehead atoms. The summed E-state index contributed by atoms with van der Waals surface area (Å²) in [6.45, 7) is 5.81. The predicted octanol–water partition coefficient (Wildman–Crippen LogP) is 0.248. The van der Waals surface area contributed by atoms with Gasteiger partial charge in [-0.25, -0.2) is 0 Å². The fraction of sp³-hybridized carbons (Fsp3) is 0.625. The van der Waals surface area contributed by atoms with E-state index in [0.29, 0.717) is 12.2 Å². The van der Waals surface area contributed by atoms with Crippen LogP contribution >= 0.6 is 0 Å². The van der Waals surface area contributed by atoms with Crippen LogP contribution in [0.3, 0.4) is 0 Å². The third kappa shape index (κ3) is 1.67. The second-order valence-electron chi connectivity index (χ2n) is 2.89. The summed E-state index contributed by atoms with van der Waals surface area (Å²) in [4.78, 5) is 11.3. The molecule has 62 valence electrons. The van der Waals surface area contributed by atoms with Crippen molar-refractivity contribution in [3.8, 4) is 0 Å². The van der Waals surface area contributed by atoms with Crippen LogP contribution in [0.1, 0.15) is 13.3 Å². The lowest BCUT2D eigenvalue weighted by atomic mass is 10.0. The van der Waals surface area contributed by atoms with E-state index in [1.54, 1.807) is 6.92 Å². The maximum atomic E-state index is 11.3. The first kappa shape index (κ1) is 8.43. The first-order valence-corrected chi connectivity index (χ1v) is 3.70. The lowest BCUT2D eigenvalue weighted by Gasteiger charge is -2.12. The fourth-order valence-electron chi connectivity index (χ4n) is 1.12. The maximum Gasteiger partial charge on any atom is 0.188 e. The first-order chi connectivity index (χ1) is 5.13. The Morgan fingerprint density at radius 1 is 1.73 bits per heavy atom. The summed E-state index contributed by atoms with van der Waals surface area (Å²) in [7, 11) is 0. The molecule has 0 radical (unpaired) electrons. The second kappa shape index (κ2) is 3.15. The van der Waals surface area contributed by atoms with Gasteiger partial charge in [-0.15, -0.1) is 0 Å². The van der Waals surface area contributed by atoms with Crippen molar-refractivity contribution in [2.75, 3.05) is 6.61 Å². The van der Waals surface area contributed by atoms with E-state index in [0.717, 1.165) is 6.42 Å². The molecule has 2 N–H and O–H groups in total. The Bertz CT molecular complexity index is 189. The minimum atomic E-state index is -0.438. The average molecular weight is 155 g/mol. The summed E-state index contributed by atoms with van der Waals surface area (Å²) in [5.41, 5.74) is 6.15. The van der Waals surface area contributed by atoms with E-state index < -0.39 is 6.10 Å². The van der Waals surface area contributed by atoms with Crippen molar-refractivity contribution < 1.29 is 9.53 Å². The monoisotopic (exact) mass is 155 g/mol. The molecule has 1 saturated heterocycles. The van der Waals surface area contributed by atoms with E-state index in [1.165, 1.54) is 0 Å². The van der Waals surface area contributed by atoms with Gasteiger partial charge in [0.05, 0.1) is 0 Å². The van der Waals surface area contributed by atoms with Crippen LogP contribution in [0.2, 0.25) is 0 Å². The molecule has 0 aromatic rings. The molecule has 1 heterocycles. The van der Waals surface area contributed by atoms with Crippen molar-refractivity contribution in [2.24, 2.45) is 5.73 Å². The van der Waals surface area contributed by atoms with Crippen LogP contribution < -0.4 is 5.73 Å². The second-order valence-corrected chi connectivity index (χ2v) is 2.89. The molecule has 0 spiro atoms. The number of rotatable bonds is 2. The van der Waals surface area contributed by atoms with E-state index in [9.17, 15) is 4.79 Å². The normalized spacial score (nSPS) is 30.4. The lowest BCUT2D eigenvalue weighted by molar-refractivity contribution is -0.124. The Hall–Kier alpha value is -0.670. The van der Waals surface area contributed by atoms with Crippen molar-refractivity contribution in [1.29, 1.82) is 0 Å². The molecule has 0 saturated carbocycles. The molecule has 11 heavy (non-hydrogen) atoms. The predicted molar refractivity (Wildman–Crippen MR) is 42.2 cm³/mol. The zero-order valence-corrected chi connectivity index (χ0v) is 6.67. The molecule has 1 fully saturated rings. The van der Waals surface area contributed by atoms with Gasteiger partial charge in [-0.3, -0.25) is 4.79 Å². The number of nitrogens with two attached hydrogens (primary N) is 1. The smallest absolute Gasteiger partial charge is 0.188 e. The third-order valence-corrected chi connectivity index (χ3v) is 1.82. The van der Waals surface area contributed by atoms with Gasteiger partial charge in [0.1, 0.15) is 6.10 Å². The molecule has 1 rings (SSSR count). The van der Waals surface area contributed by atoms with E-state index in [-0.39, 0.29) is 11.8 Å². The van der Waals surface area contributed by atoms with Gasteiger partial charge < -0.3 is 10.5 Å². The highest BCUT2D eigenvalue weighted by Gasteiger charge is 2.31. The molecule has 0 aliphatic carbocycles. The fourth-order valence-corrected chi connectivity index (χ4v) is 1.12. The number of carbonyl (C=O) groups is 1. The minimum Gasteiger partial charge on any atom is -0.368 e. The van der Waals surface area contributed by atoms with Crippen LogP contribution in [0.25, 0.3) is 0 Å². The molecule has 0 unspecified atom stereocenters. The standard InChI is InChI=1S/C8H13NO2/c1-5(2)7(10)8-6(9)3-4-11-8/h6,8H,1,3-4,9H2,2H3/t6-,8+/m0/s1. The molecule has 3 nitrogen and oxygen atoms in total. The van der Waals surface area contributed by atoms with Crippen LogP contribution in [-0.2, 0) is 9.53 Å². The van der Waals surface area contributed by atoms with Crippen molar-refractivity contribution in [1.82, 2.24) is 0 Å². The topological polar surface area (TPSA) is 52.3 Å². The highest BCUT2D eigenvalue weighted by molar-refractivity contribution is 5.98. The largest absolute Gasteiger partial charge is 0.368 e. The van der Waals surface area contributed by atoms with Crippen LogP contribution in [-0.4, -0.2) is 24.5 Å². The van der Waals surface area contributed by atoms with E-state index in [1.807, 2.05) is 0 Å². The number of hydrogen-bond donors (Lipinski definition) is 1. The SMILES string of the molecule is C=C(C)C(=O)[C@@H]1OCC[C@@H]1N. The summed E-state index contributed by atoms with van der Waals surface area (Å²) in [6.07, 6.45) is 0.330. The zero-order chi connectivity index (χ0) is 8.43. The van der Waals surface area contributed by atoms with Gasteiger partial charge in [-0.2, -0.15) is 0 Å². The van der Waals surface area contributed by atoms with Gasteiger partial charge in [0, 0.05) is 12.6 Å². The van der Waals surface area contributed by atoms with Gasteiger partial charge in [0.15, 0.2) is 5.78 Å². The van der Waals surface area contributed by atoms with Gasteiger partial charge >= 0.3 is 0 Å². The Labute approximate surface area is 66.2 Å². The molecule has 1 aliphatic rings. The number of ketones is 1. The summed E-state index contributed by atoms with van der Waals surface area (Å²) in [5, 5.41) is 0. The average Bonchev–Trinajstić information content (AvgIpc) is 2.33. The Morgan fingerprint density at radius 2 is 2.36 bits per heavy atom. The van der Waals surface area contributed by atoms with Crippen molar-refractivity contribution >= 4 is 5.78 Å². The molecular weight excluding hydrogens is 142 g/mol.